The van der Waals surface area contributed by atoms with Gasteiger partial charge >= 0.3 is 5.97 Å². The first-order chi connectivity index (χ1) is 13.1. The van der Waals surface area contributed by atoms with E-state index in [4.69, 9.17) is 14.2 Å². The number of benzene rings is 2. The summed E-state index contributed by atoms with van der Waals surface area (Å²) in [6.45, 7) is 2.22. The molecule has 27 heavy (non-hydrogen) atoms. The molecule has 1 aliphatic rings. The SMILES string of the molecule is CCCc1nc2c(OC(C(=O)O)c3ccc4c(c3)OCO4)cccc2n1C. The maximum Gasteiger partial charge on any atom is 0.349 e. The summed E-state index contributed by atoms with van der Waals surface area (Å²) in [5.74, 6) is 1.41. The molecule has 3 aromatic rings. The number of hydrogen-bond acceptors (Lipinski definition) is 5. The Morgan fingerprint density at radius 1 is 1.30 bits per heavy atom. The number of ether oxygens (including phenoxy) is 3. The number of nitrogens with zero attached hydrogens (tertiary/aromatic N) is 2. The number of fused-ring (bicyclic) bond motifs is 2. The summed E-state index contributed by atoms with van der Waals surface area (Å²) in [5.41, 5.74) is 2.05. The third kappa shape index (κ3) is 3.05. The molecule has 4 rings (SSSR count). The third-order valence-corrected chi connectivity index (χ3v) is 4.61. The summed E-state index contributed by atoms with van der Waals surface area (Å²) in [6.07, 6.45) is 0.638. The summed E-state index contributed by atoms with van der Waals surface area (Å²) in [4.78, 5) is 16.6. The van der Waals surface area contributed by atoms with Crippen LogP contribution in [0.4, 0.5) is 0 Å². The standard InChI is InChI=1S/C20H20N2O5/c1-3-5-17-21-18-13(22(17)2)6-4-7-15(18)27-19(20(23)24)12-8-9-14-16(10-12)26-11-25-14/h4,6-10,19H,3,5,11H2,1-2H3,(H,23,24). The van der Waals surface area contributed by atoms with Crippen LogP contribution in [-0.2, 0) is 18.3 Å². The molecule has 1 atom stereocenters. The summed E-state index contributed by atoms with van der Waals surface area (Å²) in [6, 6.07) is 10.5. The highest BCUT2D eigenvalue weighted by Crippen LogP contribution is 2.36. The van der Waals surface area contributed by atoms with Gasteiger partial charge in [0.1, 0.15) is 17.1 Å². The molecule has 0 aliphatic carbocycles. The molecular formula is C20H20N2O5. The first-order valence-corrected chi connectivity index (χ1v) is 8.81. The van der Waals surface area contributed by atoms with Gasteiger partial charge in [-0.05, 0) is 30.7 Å². The fourth-order valence-electron chi connectivity index (χ4n) is 3.24. The molecule has 1 aliphatic heterocycles. The Labute approximate surface area is 156 Å². The number of aromatic nitrogens is 2. The second-order valence-corrected chi connectivity index (χ2v) is 6.41. The molecular weight excluding hydrogens is 348 g/mol. The van der Waals surface area contributed by atoms with Crippen LogP contribution in [0.15, 0.2) is 36.4 Å². The summed E-state index contributed by atoms with van der Waals surface area (Å²) in [5, 5.41) is 9.73. The van der Waals surface area contributed by atoms with Crippen molar-refractivity contribution in [3.63, 3.8) is 0 Å². The van der Waals surface area contributed by atoms with E-state index in [0.29, 0.717) is 28.3 Å². The van der Waals surface area contributed by atoms with Gasteiger partial charge in [0.05, 0.1) is 5.52 Å². The van der Waals surface area contributed by atoms with Crippen molar-refractivity contribution in [2.24, 2.45) is 7.05 Å². The van der Waals surface area contributed by atoms with Gasteiger partial charge in [-0.1, -0.05) is 19.1 Å². The minimum absolute atomic E-state index is 0.130. The molecule has 0 saturated heterocycles. The zero-order valence-electron chi connectivity index (χ0n) is 15.1. The van der Waals surface area contributed by atoms with Crippen LogP contribution in [0, 0.1) is 0 Å². The van der Waals surface area contributed by atoms with Crippen LogP contribution in [-0.4, -0.2) is 27.4 Å². The number of aliphatic carboxylic acids is 1. The first-order valence-electron chi connectivity index (χ1n) is 8.81. The number of para-hydroxylation sites is 1. The van der Waals surface area contributed by atoms with Crippen molar-refractivity contribution in [3.8, 4) is 17.2 Å². The zero-order chi connectivity index (χ0) is 19.0. The number of hydrogen-bond donors (Lipinski definition) is 1. The Kier molecular flexibility index (Phi) is 4.35. The van der Waals surface area contributed by atoms with Crippen LogP contribution in [0.3, 0.4) is 0 Å². The molecule has 1 unspecified atom stereocenters. The highest BCUT2D eigenvalue weighted by Gasteiger charge is 2.26. The van der Waals surface area contributed by atoms with Crippen molar-refractivity contribution in [1.82, 2.24) is 9.55 Å². The van der Waals surface area contributed by atoms with E-state index in [1.165, 1.54) is 0 Å². The predicted octanol–water partition coefficient (Wildman–Crippen LogP) is 3.46. The summed E-state index contributed by atoms with van der Waals surface area (Å²) >= 11 is 0. The minimum atomic E-state index is -1.18. The van der Waals surface area contributed by atoms with Crippen molar-refractivity contribution in [1.29, 1.82) is 0 Å². The Bertz CT molecular complexity index is 1010. The molecule has 0 bridgehead atoms. The maximum atomic E-state index is 11.9. The second kappa shape index (κ2) is 6.83. The maximum absolute atomic E-state index is 11.9. The minimum Gasteiger partial charge on any atom is -0.478 e. The van der Waals surface area contributed by atoms with Gasteiger partial charge in [-0.25, -0.2) is 9.78 Å². The Morgan fingerprint density at radius 2 is 2.11 bits per heavy atom. The molecule has 1 N–H and O–H groups in total. The van der Waals surface area contributed by atoms with Crippen LogP contribution >= 0.6 is 0 Å². The van der Waals surface area contributed by atoms with E-state index in [0.717, 1.165) is 24.2 Å². The van der Waals surface area contributed by atoms with Crippen molar-refractivity contribution in [3.05, 3.63) is 47.8 Å². The fourth-order valence-corrected chi connectivity index (χ4v) is 3.24. The van der Waals surface area contributed by atoms with E-state index in [2.05, 4.69) is 11.9 Å². The lowest BCUT2D eigenvalue weighted by molar-refractivity contribution is -0.145. The Hall–Kier alpha value is -3.22. The number of rotatable bonds is 6. The lowest BCUT2D eigenvalue weighted by Gasteiger charge is -2.16. The van der Waals surface area contributed by atoms with Gasteiger partial charge in [0.25, 0.3) is 0 Å². The van der Waals surface area contributed by atoms with E-state index in [-0.39, 0.29) is 6.79 Å². The van der Waals surface area contributed by atoms with Crippen molar-refractivity contribution in [2.75, 3.05) is 6.79 Å². The molecule has 140 valence electrons. The quantitative estimate of drug-likeness (QED) is 0.717. The number of aryl methyl sites for hydroxylation is 2. The molecule has 0 radical (unpaired) electrons. The van der Waals surface area contributed by atoms with E-state index in [1.807, 2.05) is 23.7 Å². The smallest absolute Gasteiger partial charge is 0.349 e. The topological polar surface area (TPSA) is 82.8 Å². The highest BCUT2D eigenvalue weighted by molar-refractivity contribution is 5.83. The van der Waals surface area contributed by atoms with Gasteiger partial charge in [-0.2, -0.15) is 0 Å². The van der Waals surface area contributed by atoms with Crippen LogP contribution in [0.5, 0.6) is 17.2 Å². The van der Waals surface area contributed by atoms with Crippen molar-refractivity contribution in [2.45, 2.75) is 25.9 Å². The monoisotopic (exact) mass is 368 g/mol. The lowest BCUT2D eigenvalue weighted by atomic mass is 10.1. The van der Waals surface area contributed by atoms with Gasteiger partial charge in [0, 0.05) is 19.0 Å². The van der Waals surface area contributed by atoms with Crippen LogP contribution < -0.4 is 14.2 Å². The van der Waals surface area contributed by atoms with Crippen molar-refractivity contribution < 1.29 is 24.1 Å². The molecule has 1 aromatic heterocycles. The molecule has 0 amide bonds. The second-order valence-electron chi connectivity index (χ2n) is 6.41. The molecule has 0 spiro atoms. The average molecular weight is 368 g/mol. The van der Waals surface area contributed by atoms with Gasteiger partial charge in [-0.15, -0.1) is 0 Å². The van der Waals surface area contributed by atoms with Crippen LogP contribution in [0.1, 0.15) is 30.8 Å². The zero-order valence-corrected chi connectivity index (χ0v) is 15.1. The van der Waals surface area contributed by atoms with E-state index in [1.54, 1.807) is 24.3 Å². The van der Waals surface area contributed by atoms with Gasteiger partial charge in [-0.3, -0.25) is 0 Å². The average Bonchev–Trinajstić information content (AvgIpc) is 3.25. The predicted molar refractivity (Wildman–Crippen MR) is 98.3 cm³/mol. The molecule has 7 heteroatoms. The molecule has 7 nitrogen and oxygen atoms in total. The number of imidazole rings is 1. The Morgan fingerprint density at radius 3 is 2.89 bits per heavy atom. The van der Waals surface area contributed by atoms with E-state index >= 15 is 0 Å². The molecule has 0 fully saturated rings. The molecule has 0 saturated carbocycles. The molecule has 2 heterocycles. The van der Waals surface area contributed by atoms with Crippen LogP contribution in [0.2, 0.25) is 0 Å². The number of carbonyl (C=O) groups is 1. The van der Waals surface area contributed by atoms with Gasteiger partial charge < -0.3 is 23.9 Å². The lowest BCUT2D eigenvalue weighted by Crippen LogP contribution is -2.18. The Balaban J connectivity index is 1.72. The van der Waals surface area contributed by atoms with Gasteiger partial charge in [0.2, 0.25) is 12.9 Å². The van der Waals surface area contributed by atoms with Gasteiger partial charge in [0.15, 0.2) is 11.5 Å². The fraction of sp³-hybridized carbons (Fsp3) is 0.300. The van der Waals surface area contributed by atoms with E-state index in [9.17, 15) is 9.90 Å². The highest BCUT2D eigenvalue weighted by atomic mass is 16.7. The van der Waals surface area contributed by atoms with E-state index < -0.39 is 12.1 Å². The number of carboxylic acids is 1. The number of carboxylic acid groups (broad SMARTS) is 1. The van der Waals surface area contributed by atoms with Crippen molar-refractivity contribution >= 4 is 17.0 Å². The summed E-state index contributed by atoms with van der Waals surface area (Å²) < 4.78 is 18.6. The third-order valence-electron chi connectivity index (χ3n) is 4.61. The summed E-state index contributed by atoms with van der Waals surface area (Å²) in [7, 11) is 1.95. The van der Waals surface area contributed by atoms with Crippen LogP contribution in [0.25, 0.3) is 11.0 Å². The first kappa shape index (κ1) is 17.2. The largest absolute Gasteiger partial charge is 0.478 e. The normalized spacial score (nSPS) is 13.7. The molecule has 2 aromatic carbocycles.